The van der Waals surface area contributed by atoms with Gasteiger partial charge >= 0.3 is 5.97 Å². The molecule has 4 amide bonds. The summed E-state index contributed by atoms with van der Waals surface area (Å²) in [4.78, 5) is 59.8. The predicted octanol–water partition coefficient (Wildman–Crippen LogP) is 0.251. The van der Waals surface area contributed by atoms with E-state index < -0.39 is 23.8 Å². The Morgan fingerprint density at radius 1 is 1.23 bits per heavy atom. The summed E-state index contributed by atoms with van der Waals surface area (Å²) in [5.74, 6) is -2.74. The number of imide groups is 1. The molecule has 9 heteroatoms. The summed E-state index contributed by atoms with van der Waals surface area (Å²) in [5, 5.41) is 13.5. The molecule has 0 saturated carbocycles. The standard InChI is InChI=1S/C17H17N3O6/c21-13(6-7-15(23)24)18-11-3-1-2-9-10(11)8-20(17(9)26)12-4-5-14(22)19-16(12)25/h1-3,12H,4-8H2,(H,18,21)(H,23,24)(H,19,22,25)/t12-/m0/s1. The molecule has 1 atom stereocenters. The van der Waals surface area contributed by atoms with E-state index in [9.17, 15) is 24.0 Å². The highest BCUT2D eigenvalue weighted by molar-refractivity contribution is 6.06. The van der Waals surface area contributed by atoms with Crippen LogP contribution in [-0.4, -0.2) is 45.6 Å². The van der Waals surface area contributed by atoms with Crippen molar-refractivity contribution >= 4 is 35.3 Å². The summed E-state index contributed by atoms with van der Waals surface area (Å²) in [6.45, 7) is 0.135. The van der Waals surface area contributed by atoms with E-state index in [1.54, 1.807) is 18.2 Å². The Kier molecular flexibility index (Phi) is 4.70. The average molecular weight is 359 g/mol. The largest absolute Gasteiger partial charge is 0.481 e. The highest BCUT2D eigenvalue weighted by Gasteiger charge is 2.39. The van der Waals surface area contributed by atoms with E-state index in [-0.39, 0.29) is 44.0 Å². The van der Waals surface area contributed by atoms with Crippen molar-refractivity contribution in [2.45, 2.75) is 38.3 Å². The minimum Gasteiger partial charge on any atom is -0.481 e. The zero-order chi connectivity index (χ0) is 18.8. The number of amides is 4. The average Bonchev–Trinajstić information content (AvgIpc) is 2.91. The molecule has 0 spiro atoms. The molecule has 0 bridgehead atoms. The Balaban J connectivity index is 1.77. The van der Waals surface area contributed by atoms with Gasteiger partial charge in [-0.3, -0.25) is 29.3 Å². The lowest BCUT2D eigenvalue weighted by molar-refractivity contribution is -0.138. The maximum atomic E-state index is 12.6. The summed E-state index contributed by atoms with van der Waals surface area (Å²) >= 11 is 0. The SMILES string of the molecule is O=C(O)CCC(=O)Nc1cccc2c1CN([C@H]1CCC(=O)NC1=O)C2=O. The molecule has 26 heavy (non-hydrogen) atoms. The van der Waals surface area contributed by atoms with Crippen molar-refractivity contribution in [1.82, 2.24) is 10.2 Å². The lowest BCUT2D eigenvalue weighted by Gasteiger charge is -2.29. The van der Waals surface area contributed by atoms with Crippen molar-refractivity contribution in [1.29, 1.82) is 0 Å². The Morgan fingerprint density at radius 2 is 2.00 bits per heavy atom. The molecule has 1 aromatic carbocycles. The quantitative estimate of drug-likeness (QED) is 0.646. The summed E-state index contributed by atoms with van der Waals surface area (Å²) in [5.41, 5.74) is 1.37. The molecule has 0 radical (unpaired) electrons. The van der Waals surface area contributed by atoms with Crippen LogP contribution in [-0.2, 0) is 25.7 Å². The van der Waals surface area contributed by atoms with Crippen LogP contribution >= 0.6 is 0 Å². The molecule has 2 aliphatic rings. The van der Waals surface area contributed by atoms with E-state index >= 15 is 0 Å². The summed E-state index contributed by atoms with van der Waals surface area (Å²) in [7, 11) is 0. The van der Waals surface area contributed by atoms with Crippen molar-refractivity contribution in [2.75, 3.05) is 5.32 Å². The second-order valence-electron chi connectivity index (χ2n) is 6.17. The second-order valence-corrected chi connectivity index (χ2v) is 6.17. The maximum absolute atomic E-state index is 12.6. The van der Waals surface area contributed by atoms with Crippen LogP contribution in [0.4, 0.5) is 5.69 Å². The van der Waals surface area contributed by atoms with Crippen LogP contribution in [0.2, 0.25) is 0 Å². The molecule has 0 aromatic heterocycles. The predicted molar refractivity (Wildman–Crippen MR) is 88.0 cm³/mol. The number of aliphatic carboxylic acids is 1. The van der Waals surface area contributed by atoms with E-state index in [4.69, 9.17) is 5.11 Å². The molecular weight excluding hydrogens is 342 g/mol. The van der Waals surface area contributed by atoms with Crippen LogP contribution < -0.4 is 10.6 Å². The molecule has 2 heterocycles. The molecule has 1 fully saturated rings. The van der Waals surface area contributed by atoms with Crippen molar-refractivity contribution in [3.05, 3.63) is 29.3 Å². The first-order valence-corrected chi connectivity index (χ1v) is 8.15. The molecule has 3 rings (SSSR count). The highest BCUT2D eigenvalue weighted by atomic mass is 16.4. The maximum Gasteiger partial charge on any atom is 0.303 e. The fourth-order valence-corrected chi connectivity index (χ4v) is 3.14. The van der Waals surface area contributed by atoms with Crippen LogP contribution in [0.15, 0.2) is 18.2 Å². The van der Waals surface area contributed by atoms with Gasteiger partial charge in [-0.1, -0.05) is 6.07 Å². The number of piperidine rings is 1. The van der Waals surface area contributed by atoms with Crippen LogP contribution in [0.5, 0.6) is 0 Å². The van der Waals surface area contributed by atoms with Gasteiger partial charge in [-0.2, -0.15) is 0 Å². The van der Waals surface area contributed by atoms with Gasteiger partial charge in [0.25, 0.3) is 5.91 Å². The number of carbonyl (C=O) groups excluding carboxylic acids is 4. The number of carboxylic acid groups (broad SMARTS) is 1. The lowest BCUT2D eigenvalue weighted by atomic mass is 10.0. The molecule has 0 aliphatic carbocycles. The van der Waals surface area contributed by atoms with Gasteiger partial charge in [0.05, 0.1) is 6.42 Å². The summed E-state index contributed by atoms with van der Waals surface area (Å²) in [6, 6.07) is 4.11. The van der Waals surface area contributed by atoms with E-state index in [1.165, 1.54) is 4.90 Å². The monoisotopic (exact) mass is 359 g/mol. The van der Waals surface area contributed by atoms with Crippen molar-refractivity contribution < 1.29 is 29.1 Å². The van der Waals surface area contributed by atoms with Crippen molar-refractivity contribution in [3.63, 3.8) is 0 Å². The fraction of sp³-hybridized carbons (Fsp3) is 0.353. The molecule has 1 aromatic rings. The molecular formula is C17H17N3O6. The van der Waals surface area contributed by atoms with Crippen LogP contribution in [0.1, 0.15) is 41.6 Å². The normalized spacial score (nSPS) is 19.2. The van der Waals surface area contributed by atoms with Crippen LogP contribution in [0.3, 0.4) is 0 Å². The molecule has 2 aliphatic heterocycles. The van der Waals surface area contributed by atoms with Crippen LogP contribution in [0, 0.1) is 0 Å². The van der Waals surface area contributed by atoms with Gasteiger partial charge in [-0.15, -0.1) is 0 Å². The smallest absolute Gasteiger partial charge is 0.303 e. The third kappa shape index (κ3) is 3.41. The van der Waals surface area contributed by atoms with Gasteiger partial charge in [0, 0.05) is 36.2 Å². The van der Waals surface area contributed by atoms with E-state index in [1.807, 2.05) is 0 Å². The molecule has 9 nitrogen and oxygen atoms in total. The second kappa shape index (κ2) is 6.95. The first-order valence-electron chi connectivity index (χ1n) is 8.15. The third-order valence-electron chi connectivity index (χ3n) is 4.42. The highest BCUT2D eigenvalue weighted by Crippen LogP contribution is 2.32. The first kappa shape index (κ1) is 17.6. The van der Waals surface area contributed by atoms with Gasteiger partial charge < -0.3 is 15.3 Å². The molecule has 1 saturated heterocycles. The number of nitrogens with one attached hydrogen (secondary N) is 2. The first-order chi connectivity index (χ1) is 12.4. The Hall–Kier alpha value is -3.23. The Labute approximate surface area is 148 Å². The Morgan fingerprint density at radius 3 is 2.69 bits per heavy atom. The number of hydrogen-bond acceptors (Lipinski definition) is 5. The lowest BCUT2D eigenvalue weighted by Crippen LogP contribution is -2.52. The zero-order valence-corrected chi connectivity index (χ0v) is 13.8. The number of hydrogen-bond donors (Lipinski definition) is 3. The van der Waals surface area contributed by atoms with E-state index in [0.29, 0.717) is 16.8 Å². The summed E-state index contributed by atoms with van der Waals surface area (Å²) in [6.07, 6.45) is -0.0496. The fourth-order valence-electron chi connectivity index (χ4n) is 3.14. The van der Waals surface area contributed by atoms with Gasteiger partial charge in [-0.25, -0.2) is 0 Å². The van der Waals surface area contributed by atoms with E-state index in [2.05, 4.69) is 10.6 Å². The van der Waals surface area contributed by atoms with Crippen molar-refractivity contribution in [2.24, 2.45) is 0 Å². The minimum absolute atomic E-state index is 0.135. The number of rotatable bonds is 5. The number of fused-ring (bicyclic) bond motifs is 1. The topological polar surface area (TPSA) is 133 Å². The molecule has 3 N–H and O–H groups in total. The number of carbonyl (C=O) groups is 5. The summed E-state index contributed by atoms with van der Waals surface area (Å²) < 4.78 is 0. The molecule has 0 unspecified atom stereocenters. The molecule has 136 valence electrons. The van der Waals surface area contributed by atoms with Gasteiger partial charge in [0.15, 0.2) is 0 Å². The number of benzene rings is 1. The van der Waals surface area contributed by atoms with Crippen LogP contribution in [0.25, 0.3) is 0 Å². The third-order valence-corrected chi connectivity index (χ3v) is 4.42. The van der Waals surface area contributed by atoms with Crippen molar-refractivity contribution in [3.8, 4) is 0 Å². The van der Waals surface area contributed by atoms with Gasteiger partial charge in [0.2, 0.25) is 17.7 Å². The number of nitrogens with zero attached hydrogens (tertiary/aromatic N) is 1. The van der Waals surface area contributed by atoms with E-state index in [0.717, 1.165) is 0 Å². The number of carboxylic acids is 1. The minimum atomic E-state index is -1.07. The van der Waals surface area contributed by atoms with Gasteiger partial charge in [-0.05, 0) is 18.6 Å². The number of anilines is 1. The zero-order valence-electron chi connectivity index (χ0n) is 13.8. The Bertz CT molecular complexity index is 819. The van der Waals surface area contributed by atoms with Gasteiger partial charge in [0.1, 0.15) is 6.04 Å².